The molecular weight excluding hydrogens is 539 g/mol. The van der Waals surface area contributed by atoms with E-state index in [2.05, 4.69) is 52.0 Å². The van der Waals surface area contributed by atoms with Gasteiger partial charge in [0.05, 0.1) is 23.5 Å². The molecule has 0 radical (unpaired) electrons. The summed E-state index contributed by atoms with van der Waals surface area (Å²) in [6.07, 6.45) is 5.47. The molecule has 0 bridgehead atoms. The van der Waals surface area contributed by atoms with Crippen molar-refractivity contribution in [1.29, 1.82) is 0 Å². The Hall–Kier alpha value is -2.54. The fourth-order valence-corrected chi connectivity index (χ4v) is 4.37. The van der Waals surface area contributed by atoms with E-state index >= 15 is 0 Å². The molecular formula is C21H28BrN8O4P. The smallest absolute Gasteiger partial charge is 0.355 e. The Morgan fingerprint density at radius 2 is 1.89 bits per heavy atom. The summed E-state index contributed by atoms with van der Waals surface area (Å²) < 4.78 is 23.7. The molecule has 1 aliphatic heterocycles. The van der Waals surface area contributed by atoms with Gasteiger partial charge in [0.1, 0.15) is 5.75 Å². The number of ether oxygens (including phenoxy) is 1. The predicted octanol–water partition coefficient (Wildman–Crippen LogP) is 3.66. The zero-order valence-corrected chi connectivity index (χ0v) is 22.4. The Labute approximate surface area is 213 Å². The molecule has 3 N–H and O–H groups in total. The highest BCUT2D eigenvalue weighted by atomic mass is 79.9. The SMILES string of the molecule is COc1cc(N2CCNCC2)c(-c2cnn(C)c2)cc1Nc1ncc(Br)c(NOP(OC)OC)n1. The highest BCUT2D eigenvalue weighted by molar-refractivity contribution is 9.10. The summed E-state index contributed by atoms with van der Waals surface area (Å²) in [7, 11) is 4.99. The van der Waals surface area contributed by atoms with Gasteiger partial charge in [0, 0.05) is 82.7 Å². The summed E-state index contributed by atoms with van der Waals surface area (Å²) in [5.74, 6) is 1.43. The van der Waals surface area contributed by atoms with Crippen LogP contribution in [-0.4, -0.2) is 67.3 Å². The molecule has 12 nitrogen and oxygen atoms in total. The number of methoxy groups -OCH3 is 1. The van der Waals surface area contributed by atoms with Gasteiger partial charge in [-0.3, -0.25) is 4.68 Å². The van der Waals surface area contributed by atoms with E-state index in [1.165, 1.54) is 14.2 Å². The van der Waals surface area contributed by atoms with Crippen LogP contribution in [0, 0.1) is 0 Å². The van der Waals surface area contributed by atoms with Gasteiger partial charge in [-0.15, -0.1) is 0 Å². The lowest BCUT2D eigenvalue weighted by Crippen LogP contribution is -2.43. The van der Waals surface area contributed by atoms with E-state index in [1.54, 1.807) is 18.0 Å². The van der Waals surface area contributed by atoms with Crippen molar-refractivity contribution in [3.05, 3.63) is 35.2 Å². The second-order valence-electron chi connectivity index (χ2n) is 7.51. The van der Waals surface area contributed by atoms with E-state index in [0.29, 0.717) is 22.0 Å². The van der Waals surface area contributed by atoms with E-state index in [0.717, 1.165) is 48.7 Å². The molecule has 35 heavy (non-hydrogen) atoms. The monoisotopic (exact) mass is 566 g/mol. The molecule has 0 aliphatic carbocycles. The van der Waals surface area contributed by atoms with Crippen molar-refractivity contribution in [3.63, 3.8) is 0 Å². The zero-order valence-electron chi connectivity index (χ0n) is 19.9. The predicted molar refractivity (Wildman–Crippen MR) is 139 cm³/mol. The van der Waals surface area contributed by atoms with Crippen LogP contribution in [0.15, 0.2) is 35.2 Å². The van der Waals surface area contributed by atoms with Crippen molar-refractivity contribution in [1.82, 2.24) is 25.1 Å². The molecule has 3 aromatic rings. The van der Waals surface area contributed by atoms with Gasteiger partial charge in [-0.2, -0.15) is 14.7 Å². The van der Waals surface area contributed by atoms with Crippen LogP contribution in [0.2, 0.25) is 0 Å². The van der Waals surface area contributed by atoms with Gasteiger partial charge < -0.3 is 29.3 Å². The number of nitrogens with zero attached hydrogens (tertiary/aromatic N) is 5. The van der Waals surface area contributed by atoms with E-state index in [4.69, 9.17) is 18.4 Å². The Kier molecular flexibility index (Phi) is 8.71. The minimum absolute atomic E-state index is 0.351. The number of anilines is 4. The number of aryl methyl sites for hydroxylation is 1. The molecule has 1 fully saturated rings. The van der Waals surface area contributed by atoms with Crippen LogP contribution < -0.4 is 25.8 Å². The number of benzene rings is 1. The third-order valence-corrected chi connectivity index (χ3v) is 6.71. The van der Waals surface area contributed by atoms with Crippen LogP contribution in [0.1, 0.15) is 0 Å². The fourth-order valence-electron chi connectivity index (χ4n) is 3.64. The normalized spacial score (nSPS) is 13.8. The summed E-state index contributed by atoms with van der Waals surface area (Å²) in [6.45, 7) is 3.65. The number of hydrogen-bond donors (Lipinski definition) is 3. The molecule has 0 amide bonds. The minimum Gasteiger partial charge on any atom is -0.494 e. The highest BCUT2D eigenvalue weighted by Crippen LogP contribution is 2.41. The maximum Gasteiger partial charge on any atom is 0.355 e. The molecule has 14 heteroatoms. The highest BCUT2D eigenvalue weighted by Gasteiger charge is 2.20. The lowest BCUT2D eigenvalue weighted by atomic mass is 10.0. The lowest BCUT2D eigenvalue weighted by Gasteiger charge is -2.31. The van der Waals surface area contributed by atoms with Gasteiger partial charge in [-0.1, -0.05) is 0 Å². The summed E-state index contributed by atoms with van der Waals surface area (Å²) in [4.78, 5) is 11.2. The molecule has 2 aromatic heterocycles. The first-order valence-electron chi connectivity index (χ1n) is 10.8. The molecule has 3 heterocycles. The number of rotatable bonds is 10. The third-order valence-electron chi connectivity index (χ3n) is 5.30. The quantitative estimate of drug-likeness (QED) is 0.246. The molecule has 0 spiro atoms. The maximum absolute atomic E-state index is 5.75. The summed E-state index contributed by atoms with van der Waals surface area (Å²) in [5.41, 5.74) is 6.59. The molecule has 4 rings (SSSR count). The van der Waals surface area contributed by atoms with Gasteiger partial charge in [-0.25, -0.2) is 10.5 Å². The lowest BCUT2D eigenvalue weighted by molar-refractivity contribution is 0.236. The average Bonchev–Trinajstić information content (AvgIpc) is 3.32. The minimum atomic E-state index is -1.55. The number of hydrogen-bond acceptors (Lipinski definition) is 11. The largest absolute Gasteiger partial charge is 0.494 e. The summed E-state index contributed by atoms with van der Waals surface area (Å²) >= 11 is 3.42. The third kappa shape index (κ3) is 6.18. The maximum atomic E-state index is 5.75. The van der Waals surface area contributed by atoms with Crippen LogP contribution in [0.3, 0.4) is 0 Å². The first-order chi connectivity index (χ1) is 17.0. The Morgan fingerprint density at radius 1 is 1.11 bits per heavy atom. The van der Waals surface area contributed by atoms with Crippen LogP contribution in [0.25, 0.3) is 11.1 Å². The van der Waals surface area contributed by atoms with Crippen molar-refractivity contribution < 1.29 is 18.4 Å². The average molecular weight is 567 g/mol. The van der Waals surface area contributed by atoms with Crippen molar-refractivity contribution in [2.45, 2.75) is 0 Å². The Bertz CT molecular complexity index is 1140. The van der Waals surface area contributed by atoms with Crippen LogP contribution >= 0.6 is 24.5 Å². The van der Waals surface area contributed by atoms with Crippen molar-refractivity contribution in [2.75, 3.05) is 63.2 Å². The van der Waals surface area contributed by atoms with Gasteiger partial charge in [-0.05, 0) is 22.0 Å². The molecule has 188 valence electrons. The van der Waals surface area contributed by atoms with Gasteiger partial charge in [0.25, 0.3) is 0 Å². The second kappa shape index (κ2) is 11.9. The standard InChI is InChI=1S/C21H28BrN8O4P/c1-29-13-14(11-25-29)15-9-17(19(31-2)10-18(15)30-7-5-23-6-8-30)26-21-24-12-16(22)20(27-21)28-34-35(32-3)33-4/h9-13,23H,5-8H2,1-4H3,(H2,24,26,27,28). The van der Waals surface area contributed by atoms with Gasteiger partial charge in [0.2, 0.25) is 5.95 Å². The molecule has 0 unspecified atom stereocenters. The van der Waals surface area contributed by atoms with E-state index in [1.807, 2.05) is 31.6 Å². The van der Waals surface area contributed by atoms with Crippen molar-refractivity contribution >= 4 is 47.7 Å². The van der Waals surface area contributed by atoms with Crippen molar-refractivity contribution in [3.8, 4) is 16.9 Å². The van der Waals surface area contributed by atoms with E-state index < -0.39 is 8.60 Å². The van der Waals surface area contributed by atoms with Gasteiger partial charge in [0.15, 0.2) is 5.82 Å². The summed E-state index contributed by atoms with van der Waals surface area (Å²) in [5, 5.41) is 11.0. The zero-order chi connectivity index (χ0) is 24.8. The molecule has 0 atom stereocenters. The molecule has 1 aliphatic rings. The Morgan fingerprint density at radius 3 is 2.54 bits per heavy atom. The Balaban J connectivity index is 1.67. The van der Waals surface area contributed by atoms with Gasteiger partial charge >= 0.3 is 8.60 Å². The molecule has 0 saturated carbocycles. The number of halogens is 1. The molecule has 1 saturated heterocycles. The topological polar surface area (TPSA) is 120 Å². The molecule has 1 aromatic carbocycles. The number of piperazine rings is 1. The number of aromatic nitrogens is 4. The van der Waals surface area contributed by atoms with Crippen LogP contribution in [0.5, 0.6) is 5.75 Å². The first-order valence-corrected chi connectivity index (χ1v) is 12.7. The first kappa shape index (κ1) is 25.5. The van der Waals surface area contributed by atoms with E-state index in [9.17, 15) is 0 Å². The second-order valence-corrected chi connectivity index (χ2v) is 9.72. The van der Waals surface area contributed by atoms with Crippen LogP contribution in [0.4, 0.5) is 23.1 Å². The van der Waals surface area contributed by atoms with Crippen LogP contribution in [-0.2, 0) is 20.7 Å². The van der Waals surface area contributed by atoms with E-state index in [-0.39, 0.29) is 0 Å². The van der Waals surface area contributed by atoms with Crippen molar-refractivity contribution in [2.24, 2.45) is 7.05 Å². The number of nitrogens with one attached hydrogen (secondary N) is 3. The fraction of sp³-hybridized carbons (Fsp3) is 0.381. The summed E-state index contributed by atoms with van der Waals surface area (Å²) in [6, 6.07) is 4.08.